The summed E-state index contributed by atoms with van der Waals surface area (Å²) in [5, 5.41) is 11.9. The molecule has 1 aliphatic rings. The van der Waals surface area contributed by atoms with E-state index in [0.29, 0.717) is 12.5 Å². The Labute approximate surface area is 135 Å². The number of nitrogens with one attached hydrogen (secondary N) is 1. The van der Waals surface area contributed by atoms with Crippen molar-refractivity contribution >= 4 is 11.9 Å². The summed E-state index contributed by atoms with van der Waals surface area (Å²) in [5.74, 6) is -0.595. The molecule has 2 N–H and O–H groups in total. The van der Waals surface area contributed by atoms with E-state index < -0.39 is 5.97 Å². The van der Waals surface area contributed by atoms with Gasteiger partial charge in [0.25, 0.3) is 0 Å². The van der Waals surface area contributed by atoms with Crippen molar-refractivity contribution in [2.24, 2.45) is 0 Å². The number of benzene rings is 2. The zero-order valence-electron chi connectivity index (χ0n) is 12.8. The maximum Gasteiger partial charge on any atom is 0.335 e. The Morgan fingerprint density at radius 2 is 1.83 bits per heavy atom. The fraction of sp³-hybridized carbons (Fsp3) is 0.263. The highest BCUT2D eigenvalue weighted by Crippen LogP contribution is 2.32. The average Bonchev–Trinajstić information content (AvgIpc) is 2.97. The molecule has 0 heterocycles. The summed E-state index contributed by atoms with van der Waals surface area (Å²) < 4.78 is 0. The third-order valence-corrected chi connectivity index (χ3v) is 4.37. The van der Waals surface area contributed by atoms with Crippen LogP contribution in [0.1, 0.15) is 39.4 Å². The van der Waals surface area contributed by atoms with Crippen LogP contribution in [0.25, 0.3) is 0 Å². The van der Waals surface area contributed by atoms with Crippen LogP contribution in [0.4, 0.5) is 0 Å². The number of rotatable bonds is 5. The van der Waals surface area contributed by atoms with Crippen molar-refractivity contribution in [2.45, 2.75) is 25.2 Å². The number of fused-ring (bicyclic) bond motifs is 1. The van der Waals surface area contributed by atoms with Gasteiger partial charge in [0.15, 0.2) is 0 Å². The second-order valence-corrected chi connectivity index (χ2v) is 5.92. The van der Waals surface area contributed by atoms with E-state index in [0.717, 1.165) is 18.4 Å². The first-order chi connectivity index (χ1) is 11.1. The van der Waals surface area contributed by atoms with Crippen molar-refractivity contribution < 1.29 is 14.7 Å². The normalized spacial score (nSPS) is 15.9. The average molecular weight is 309 g/mol. The molecule has 4 heteroatoms. The van der Waals surface area contributed by atoms with Gasteiger partial charge < -0.3 is 10.4 Å². The Morgan fingerprint density at radius 1 is 1.09 bits per heavy atom. The molecule has 2 aromatic carbocycles. The van der Waals surface area contributed by atoms with Gasteiger partial charge in [-0.1, -0.05) is 36.4 Å². The lowest BCUT2D eigenvalue weighted by Gasteiger charge is -2.13. The standard InChI is InChI=1S/C19H19NO3/c21-18(11-13-5-7-15(8-6-13)19(22)23)20-12-16-10-9-14-3-1-2-4-17(14)16/h1-8,16H,9-12H2,(H,20,21)(H,22,23). The van der Waals surface area contributed by atoms with Gasteiger partial charge in [-0.2, -0.15) is 0 Å². The van der Waals surface area contributed by atoms with Crippen molar-refractivity contribution in [3.63, 3.8) is 0 Å². The minimum atomic E-state index is -0.957. The quantitative estimate of drug-likeness (QED) is 0.892. The molecule has 0 fully saturated rings. The Bertz CT molecular complexity index is 722. The highest BCUT2D eigenvalue weighted by atomic mass is 16.4. The predicted octanol–water partition coefficient (Wildman–Crippen LogP) is 2.77. The lowest BCUT2D eigenvalue weighted by atomic mass is 10.0. The number of amides is 1. The van der Waals surface area contributed by atoms with Gasteiger partial charge in [0.2, 0.25) is 5.91 Å². The summed E-state index contributed by atoms with van der Waals surface area (Å²) in [6, 6.07) is 14.8. The van der Waals surface area contributed by atoms with E-state index >= 15 is 0 Å². The van der Waals surface area contributed by atoms with Gasteiger partial charge in [0.05, 0.1) is 12.0 Å². The molecule has 0 saturated heterocycles. The first-order valence-corrected chi connectivity index (χ1v) is 7.80. The van der Waals surface area contributed by atoms with E-state index in [2.05, 4.69) is 23.5 Å². The topological polar surface area (TPSA) is 66.4 Å². The molecule has 1 amide bonds. The van der Waals surface area contributed by atoms with Gasteiger partial charge >= 0.3 is 5.97 Å². The van der Waals surface area contributed by atoms with Gasteiger partial charge in [-0.15, -0.1) is 0 Å². The van der Waals surface area contributed by atoms with Gasteiger partial charge in [-0.3, -0.25) is 4.79 Å². The number of aromatic carboxylic acids is 1. The number of hydrogen-bond acceptors (Lipinski definition) is 2. The molecule has 2 aromatic rings. The minimum absolute atomic E-state index is 0.0301. The summed E-state index contributed by atoms with van der Waals surface area (Å²) in [4.78, 5) is 22.9. The van der Waals surface area contributed by atoms with E-state index in [4.69, 9.17) is 5.11 Å². The van der Waals surface area contributed by atoms with Crippen molar-refractivity contribution in [3.05, 3.63) is 70.8 Å². The molecule has 0 aliphatic heterocycles. The Hall–Kier alpha value is -2.62. The monoisotopic (exact) mass is 309 g/mol. The highest BCUT2D eigenvalue weighted by molar-refractivity contribution is 5.87. The molecule has 1 unspecified atom stereocenters. The third-order valence-electron chi connectivity index (χ3n) is 4.37. The van der Waals surface area contributed by atoms with E-state index in [9.17, 15) is 9.59 Å². The van der Waals surface area contributed by atoms with Crippen LogP contribution in [0.3, 0.4) is 0 Å². The molecule has 23 heavy (non-hydrogen) atoms. The second kappa shape index (κ2) is 6.65. The van der Waals surface area contributed by atoms with Crippen LogP contribution in [-0.4, -0.2) is 23.5 Å². The van der Waals surface area contributed by atoms with Gasteiger partial charge in [0.1, 0.15) is 0 Å². The van der Waals surface area contributed by atoms with Crippen LogP contribution in [-0.2, 0) is 17.6 Å². The predicted molar refractivity (Wildman–Crippen MR) is 87.6 cm³/mol. The fourth-order valence-corrected chi connectivity index (χ4v) is 3.11. The van der Waals surface area contributed by atoms with Gasteiger partial charge in [-0.25, -0.2) is 4.79 Å². The minimum Gasteiger partial charge on any atom is -0.478 e. The molecule has 0 bridgehead atoms. The maximum atomic E-state index is 12.1. The van der Waals surface area contributed by atoms with E-state index in [1.165, 1.54) is 23.3 Å². The fourth-order valence-electron chi connectivity index (χ4n) is 3.11. The summed E-state index contributed by atoms with van der Waals surface area (Å²) in [5.41, 5.74) is 3.78. The van der Waals surface area contributed by atoms with E-state index in [1.54, 1.807) is 12.1 Å². The van der Waals surface area contributed by atoms with Crippen LogP contribution in [0.15, 0.2) is 48.5 Å². The first-order valence-electron chi connectivity index (χ1n) is 7.80. The van der Waals surface area contributed by atoms with Crippen LogP contribution < -0.4 is 5.32 Å². The molecule has 0 saturated carbocycles. The van der Waals surface area contributed by atoms with Crippen LogP contribution in [0.5, 0.6) is 0 Å². The van der Waals surface area contributed by atoms with Crippen LogP contribution in [0, 0.1) is 0 Å². The SMILES string of the molecule is O=C(Cc1ccc(C(=O)O)cc1)NCC1CCc2ccccc21. The lowest BCUT2D eigenvalue weighted by Crippen LogP contribution is -2.29. The zero-order valence-corrected chi connectivity index (χ0v) is 12.8. The molecule has 3 rings (SSSR count). The number of hydrogen-bond donors (Lipinski definition) is 2. The smallest absolute Gasteiger partial charge is 0.335 e. The van der Waals surface area contributed by atoms with Crippen molar-refractivity contribution in [2.75, 3.05) is 6.54 Å². The highest BCUT2D eigenvalue weighted by Gasteiger charge is 2.22. The molecular formula is C19H19NO3. The summed E-state index contributed by atoms with van der Waals surface area (Å²) in [6.45, 7) is 0.656. The summed E-state index contributed by atoms with van der Waals surface area (Å²) in [6.07, 6.45) is 2.43. The Morgan fingerprint density at radius 3 is 2.57 bits per heavy atom. The molecule has 1 aliphatic carbocycles. The van der Waals surface area contributed by atoms with Crippen LogP contribution in [0.2, 0.25) is 0 Å². The molecular weight excluding hydrogens is 290 g/mol. The van der Waals surface area contributed by atoms with Gasteiger partial charge in [-0.05, 0) is 41.7 Å². The Kier molecular flexibility index (Phi) is 4.42. The summed E-state index contributed by atoms with van der Waals surface area (Å²) >= 11 is 0. The van der Waals surface area contributed by atoms with E-state index in [-0.39, 0.29) is 17.9 Å². The number of carboxylic acid groups (broad SMARTS) is 1. The van der Waals surface area contributed by atoms with Crippen molar-refractivity contribution in [3.8, 4) is 0 Å². The number of carbonyl (C=O) groups excluding carboxylic acids is 1. The number of aryl methyl sites for hydroxylation is 1. The maximum absolute atomic E-state index is 12.1. The molecule has 4 nitrogen and oxygen atoms in total. The number of carbonyl (C=O) groups is 2. The molecule has 0 radical (unpaired) electrons. The van der Waals surface area contributed by atoms with Gasteiger partial charge in [0, 0.05) is 12.5 Å². The number of carboxylic acids is 1. The third kappa shape index (κ3) is 3.59. The first kappa shape index (κ1) is 15.3. The molecule has 1 atom stereocenters. The molecule has 0 spiro atoms. The molecule has 118 valence electrons. The largest absolute Gasteiger partial charge is 0.478 e. The van der Waals surface area contributed by atoms with E-state index in [1.807, 2.05) is 6.07 Å². The zero-order chi connectivity index (χ0) is 16.2. The van der Waals surface area contributed by atoms with Crippen molar-refractivity contribution in [1.29, 1.82) is 0 Å². The summed E-state index contributed by atoms with van der Waals surface area (Å²) in [7, 11) is 0. The Balaban J connectivity index is 1.53. The van der Waals surface area contributed by atoms with Crippen molar-refractivity contribution in [1.82, 2.24) is 5.32 Å². The van der Waals surface area contributed by atoms with Crippen LogP contribution >= 0.6 is 0 Å². The lowest BCUT2D eigenvalue weighted by molar-refractivity contribution is -0.120. The molecule has 0 aromatic heterocycles. The second-order valence-electron chi connectivity index (χ2n) is 5.92.